The molecule has 0 aliphatic carbocycles. The van der Waals surface area contributed by atoms with Gasteiger partial charge in [-0.1, -0.05) is 12.5 Å². The first-order valence-corrected chi connectivity index (χ1v) is 9.70. The van der Waals surface area contributed by atoms with Crippen LogP contribution in [0.5, 0.6) is 0 Å². The van der Waals surface area contributed by atoms with Crippen molar-refractivity contribution in [2.24, 2.45) is 5.73 Å². The van der Waals surface area contributed by atoms with Crippen LogP contribution in [0, 0.1) is 0 Å². The summed E-state index contributed by atoms with van der Waals surface area (Å²) in [6.07, 6.45) is 3.91. The number of rotatable bonds is 7. The predicted octanol–water partition coefficient (Wildman–Crippen LogP) is 1.67. The van der Waals surface area contributed by atoms with Crippen molar-refractivity contribution in [1.29, 1.82) is 0 Å². The average molecular weight is 361 g/mol. The highest BCUT2D eigenvalue weighted by Crippen LogP contribution is 2.34. The summed E-state index contributed by atoms with van der Waals surface area (Å²) in [4.78, 5) is 38.9. The van der Waals surface area contributed by atoms with Crippen molar-refractivity contribution in [3.8, 4) is 0 Å². The van der Waals surface area contributed by atoms with Crippen LogP contribution in [0.1, 0.15) is 48.0 Å². The molecule has 2 heterocycles. The zero-order chi connectivity index (χ0) is 17.8. The molecular weight excluding hydrogens is 338 g/mol. The van der Waals surface area contributed by atoms with E-state index in [-0.39, 0.29) is 24.1 Å². The maximum atomic E-state index is 12.7. The van der Waals surface area contributed by atoms with Crippen molar-refractivity contribution in [3.05, 3.63) is 29.3 Å². The van der Waals surface area contributed by atoms with Crippen LogP contribution in [0.2, 0.25) is 0 Å². The van der Waals surface area contributed by atoms with Gasteiger partial charge in [-0.15, -0.1) is 11.8 Å². The molecule has 0 spiro atoms. The van der Waals surface area contributed by atoms with Gasteiger partial charge in [-0.05, 0) is 49.3 Å². The fraction of sp³-hybridized carbons (Fsp3) is 0.500. The van der Waals surface area contributed by atoms with Crippen LogP contribution in [0.25, 0.3) is 0 Å². The van der Waals surface area contributed by atoms with E-state index in [2.05, 4.69) is 5.32 Å². The normalized spacial score (nSPS) is 20.0. The van der Waals surface area contributed by atoms with Crippen molar-refractivity contribution >= 4 is 29.5 Å². The van der Waals surface area contributed by atoms with Gasteiger partial charge in [0, 0.05) is 23.4 Å². The van der Waals surface area contributed by atoms with Crippen molar-refractivity contribution in [3.63, 3.8) is 0 Å². The molecule has 0 aromatic heterocycles. The van der Waals surface area contributed by atoms with Crippen molar-refractivity contribution in [2.45, 2.75) is 49.6 Å². The number of piperidine rings is 1. The van der Waals surface area contributed by atoms with E-state index < -0.39 is 6.04 Å². The van der Waals surface area contributed by atoms with Crippen LogP contribution in [0.3, 0.4) is 0 Å². The number of fused-ring (bicyclic) bond motifs is 1. The van der Waals surface area contributed by atoms with Crippen molar-refractivity contribution in [1.82, 2.24) is 10.2 Å². The van der Waals surface area contributed by atoms with Crippen LogP contribution in [0.4, 0.5) is 0 Å². The number of thioether (sulfide) groups is 1. The maximum Gasteiger partial charge on any atom is 0.255 e. The second-order valence-corrected chi connectivity index (χ2v) is 7.52. The molecule has 6 nitrogen and oxygen atoms in total. The first-order valence-electron chi connectivity index (χ1n) is 8.71. The molecule has 134 valence electrons. The summed E-state index contributed by atoms with van der Waals surface area (Å²) in [6, 6.07) is 5.20. The summed E-state index contributed by atoms with van der Waals surface area (Å²) < 4.78 is 0. The van der Waals surface area contributed by atoms with Crippen LogP contribution in [0.15, 0.2) is 23.1 Å². The molecule has 3 N–H and O–H groups in total. The van der Waals surface area contributed by atoms with Crippen LogP contribution in [-0.4, -0.2) is 41.0 Å². The Morgan fingerprint density at radius 2 is 2.04 bits per heavy atom. The molecule has 7 heteroatoms. The highest BCUT2D eigenvalue weighted by atomic mass is 32.2. The average Bonchev–Trinajstić information content (AvgIpc) is 2.92. The topological polar surface area (TPSA) is 92.5 Å². The summed E-state index contributed by atoms with van der Waals surface area (Å²) in [5.41, 5.74) is 7.19. The minimum Gasteiger partial charge on any atom is -0.330 e. The number of nitrogens with zero attached hydrogens (tertiary/aromatic N) is 1. The summed E-state index contributed by atoms with van der Waals surface area (Å²) in [6.45, 7) is 1.16. The number of unbranched alkanes of at least 4 members (excludes halogenated alkanes) is 2. The van der Waals surface area contributed by atoms with Gasteiger partial charge in [-0.2, -0.15) is 0 Å². The third kappa shape index (κ3) is 3.88. The lowest BCUT2D eigenvalue weighted by Crippen LogP contribution is -2.52. The minimum atomic E-state index is -0.556. The Kier molecular flexibility index (Phi) is 5.75. The monoisotopic (exact) mass is 361 g/mol. The number of amides is 3. The van der Waals surface area contributed by atoms with E-state index in [1.807, 2.05) is 18.2 Å². The number of nitrogens with one attached hydrogen (secondary N) is 1. The Morgan fingerprint density at radius 3 is 2.80 bits per heavy atom. The molecular formula is C18H23N3O3S. The number of hydrogen-bond acceptors (Lipinski definition) is 5. The number of carbonyl (C=O) groups is 3. The van der Waals surface area contributed by atoms with E-state index in [0.29, 0.717) is 18.5 Å². The first-order chi connectivity index (χ1) is 12.1. The molecule has 25 heavy (non-hydrogen) atoms. The fourth-order valence-electron chi connectivity index (χ4n) is 3.30. The van der Waals surface area contributed by atoms with Gasteiger partial charge in [0.2, 0.25) is 11.8 Å². The standard InChI is InChI=1S/C18H23N3O3S/c19-9-2-1-3-10-25-15-6-4-5-12-13(15)11-21(18(12)24)14-7-8-16(22)20-17(14)23/h4-6,14H,1-3,7-11,19H2,(H,20,22,23). The Labute approximate surface area is 151 Å². The molecule has 2 aliphatic heterocycles. The lowest BCUT2D eigenvalue weighted by Gasteiger charge is -2.29. The predicted molar refractivity (Wildman–Crippen MR) is 96.1 cm³/mol. The maximum absolute atomic E-state index is 12.7. The summed E-state index contributed by atoms with van der Waals surface area (Å²) >= 11 is 1.75. The highest BCUT2D eigenvalue weighted by molar-refractivity contribution is 7.99. The van der Waals surface area contributed by atoms with Crippen LogP contribution in [-0.2, 0) is 16.1 Å². The number of carbonyl (C=O) groups excluding carboxylic acids is 3. The molecule has 2 aliphatic rings. The van der Waals surface area contributed by atoms with E-state index in [1.54, 1.807) is 16.7 Å². The van der Waals surface area contributed by atoms with Crippen molar-refractivity contribution < 1.29 is 14.4 Å². The lowest BCUT2D eigenvalue weighted by atomic mass is 10.0. The van der Waals surface area contributed by atoms with Gasteiger partial charge in [0.25, 0.3) is 5.91 Å². The number of imide groups is 1. The molecule has 0 bridgehead atoms. The fourth-order valence-corrected chi connectivity index (χ4v) is 4.39. The van der Waals surface area contributed by atoms with Gasteiger partial charge >= 0.3 is 0 Å². The highest BCUT2D eigenvalue weighted by Gasteiger charge is 2.39. The van der Waals surface area contributed by atoms with Gasteiger partial charge < -0.3 is 10.6 Å². The molecule has 1 aromatic rings. The quantitative estimate of drug-likeness (QED) is 0.438. The molecule has 1 fully saturated rings. The molecule has 1 atom stereocenters. The van der Waals surface area contributed by atoms with Gasteiger partial charge in [-0.25, -0.2) is 0 Å². The second kappa shape index (κ2) is 8.01. The second-order valence-electron chi connectivity index (χ2n) is 6.38. The third-order valence-corrected chi connectivity index (χ3v) is 5.83. The molecule has 1 aromatic carbocycles. The van der Waals surface area contributed by atoms with E-state index in [0.717, 1.165) is 42.0 Å². The van der Waals surface area contributed by atoms with Gasteiger partial charge in [0.15, 0.2) is 0 Å². The minimum absolute atomic E-state index is 0.116. The third-order valence-electron chi connectivity index (χ3n) is 4.65. The Bertz CT molecular complexity index is 692. The van der Waals surface area contributed by atoms with Crippen molar-refractivity contribution in [2.75, 3.05) is 12.3 Å². The van der Waals surface area contributed by atoms with Gasteiger partial charge in [-0.3, -0.25) is 19.7 Å². The van der Waals surface area contributed by atoms with Crippen LogP contribution < -0.4 is 11.1 Å². The van der Waals surface area contributed by atoms with Crippen LogP contribution >= 0.6 is 11.8 Å². The SMILES string of the molecule is NCCCCCSc1cccc2c1CN(C1CCC(=O)NC1=O)C2=O. The molecule has 1 saturated heterocycles. The van der Waals surface area contributed by atoms with E-state index in [4.69, 9.17) is 5.73 Å². The van der Waals surface area contributed by atoms with Gasteiger partial charge in [0.1, 0.15) is 6.04 Å². The zero-order valence-corrected chi connectivity index (χ0v) is 14.9. The largest absolute Gasteiger partial charge is 0.330 e. The lowest BCUT2D eigenvalue weighted by molar-refractivity contribution is -0.136. The molecule has 0 radical (unpaired) electrons. The summed E-state index contributed by atoms with van der Waals surface area (Å²) in [5.74, 6) is 0.242. The number of benzene rings is 1. The molecule has 3 rings (SSSR count). The molecule has 3 amide bonds. The molecule has 1 unspecified atom stereocenters. The first kappa shape index (κ1) is 17.9. The van der Waals surface area contributed by atoms with E-state index >= 15 is 0 Å². The summed E-state index contributed by atoms with van der Waals surface area (Å²) in [5, 5.41) is 2.33. The Balaban J connectivity index is 1.69. The Morgan fingerprint density at radius 1 is 1.20 bits per heavy atom. The number of hydrogen-bond donors (Lipinski definition) is 2. The molecule has 0 saturated carbocycles. The Hall–Kier alpha value is -1.86. The summed E-state index contributed by atoms with van der Waals surface area (Å²) in [7, 11) is 0. The van der Waals surface area contributed by atoms with E-state index in [9.17, 15) is 14.4 Å². The van der Waals surface area contributed by atoms with E-state index in [1.165, 1.54) is 0 Å². The van der Waals surface area contributed by atoms with Gasteiger partial charge in [0.05, 0.1) is 0 Å². The number of nitrogens with two attached hydrogens (primary N) is 1. The smallest absolute Gasteiger partial charge is 0.255 e. The zero-order valence-electron chi connectivity index (χ0n) is 14.1.